The molecule has 6 heteroatoms. The number of hydrogen-bond acceptors (Lipinski definition) is 3. The van der Waals surface area contributed by atoms with E-state index < -0.39 is 24.5 Å². The second kappa shape index (κ2) is 15.8. The van der Waals surface area contributed by atoms with E-state index in [9.17, 15) is 4.39 Å². The van der Waals surface area contributed by atoms with Crippen molar-refractivity contribution in [2.75, 3.05) is 0 Å². The van der Waals surface area contributed by atoms with Crippen LogP contribution in [0.3, 0.4) is 0 Å². The Bertz CT molecular complexity index is 2740. The number of nitrogens with zero attached hydrogens (tertiary/aromatic N) is 3. The molecule has 0 saturated carbocycles. The van der Waals surface area contributed by atoms with E-state index in [4.69, 9.17) is 16.3 Å². The fraction of sp³-hybridized carbons (Fsp3) is 0.250. The molecule has 0 saturated heterocycles. The number of aryl methyl sites for hydroxylation is 1. The molecule has 4 nitrogen and oxygen atoms in total. The first-order chi connectivity index (χ1) is 27.4. The Kier molecular flexibility index (Phi) is 9.53. The number of halogens is 1. The summed E-state index contributed by atoms with van der Waals surface area (Å²) in [6, 6.07) is 38.8. The third kappa shape index (κ3) is 7.82. The molecule has 3 heterocycles. The largest absolute Gasteiger partial charge is 0.500 e. The van der Waals surface area contributed by atoms with E-state index in [1.54, 1.807) is 39.0 Å². The van der Waals surface area contributed by atoms with E-state index in [0.717, 1.165) is 33.2 Å². The van der Waals surface area contributed by atoms with Crippen LogP contribution in [-0.4, -0.2) is 14.5 Å². The molecule has 5 aromatic carbocycles. The maximum absolute atomic E-state index is 13.7. The van der Waals surface area contributed by atoms with Gasteiger partial charge in [-0.05, 0) is 77.1 Å². The molecular weight excluding hydrogens is 846 g/mol. The predicted octanol–water partition coefficient (Wildman–Crippen LogP) is 13.2. The van der Waals surface area contributed by atoms with Gasteiger partial charge in [0.05, 0.1) is 22.4 Å². The molecule has 0 amide bonds. The summed E-state index contributed by atoms with van der Waals surface area (Å²) in [7, 11) is 0. The Balaban J connectivity index is 0.000000197. The summed E-state index contributed by atoms with van der Waals surface area (Å²) >= 11 is 0. The van der Waals surface area contributed by atoms with Crippen LogP contribution in [-0.2, 0) is 26.5 Å². The van der Waals surface area contributed by atoms with Crippen LogP contribution in [0.1, 0.15) is 89.4 Å². The summed E-state index contributed by atoms with van der Waals surface area (Å²) in [5.41, 5.74) is 7.79. The van der Waals surface area contributed by atoms with Crippen molar-refractivity contribution < 1.29 is 35.8 Å². The van der Waals surface area contributed by atoms with E-state index in [1.165, 1.54) is 41.2 Å². The molecule has 0 atom stereocenters. The van der Waals surface area contributed by atoms with Gasteiger partial charge in [-0.3, -0.25) is 4.98 Å². The van der Waals surface area contributed by atoms with Crippen molar-refractivity contribution in [1.82, 2.24) is 14.5 Å². The van der Waals surface area contributed by atoms with Crippen molar-refractivity contribution in [3.05, 3.63) is 150 Å². The molecule has 1 radical (unpaired) electrons. The molecule has 0 spiro atoms. The Morgan fingerprint density at radius 3 is 2.28 bits per heavy atom. The first-order valence-electron chi connectivity index (χ1n) is 20.5. The van der Waals surface area contributed by atoms with Crippen LogP contribution >= 0.6 is 0 Å². The first-order valence-corrected chi connectivity index (χ1v) is 18.0. The predicted molar refractivity (Wildman–Crippen MR) is 217 cm³/mol. The Hall–Kier alpha value is -4.90. The van der Waals surface area contributed by atoms with Gasteiger partial charge in [0.15, 0.2) is 0 Å². The van der Waals surface area contributed by atoms with Crippen LogP contribution in [0, 0.1) is 30.2 Å². The monoisotopic (exact) mass is 897 g/mol. The van der Waals surface area contributed by atoms with Gasteiger partial charge >= 0.3 is 0 Å². The number of imidazole rings is 1. The van der Waals surface area contributed by atoms with E-state index in [1.807, 2.05) is 18.2 Å². The normalized spacial score (nSPS) is 13.6. The third-order valence-electron chi connectivity index (χ3n) is 9.14. The van der Waals surface area contributed by atoms with Gasteiger partial charge in [0.2, 0.25) is 0 Å². The van der Waals surface area contributed by atoms with Gasteiger partial charge in [-0.2, -0.15) is 0 Å². The standard InChI is InChI=1S/C25H25N2.C23H21FNO.Ir/c1-17(2)20-13-10-14-21(18(3)4)24(20)27-23-16-9-8-15-22(23)26-25(27)19-11-6-5-7-12-19;1-14-13-25-20(10-15(14)12-23(2,3)4)19-7-5-6-18-17-9-8-16(24)11-21(17)26-22(18)19;/h5-11,13-18H,1-4H3;5-6,8-11,13H,12H2,1-4H3;/q2*-1;/i;1D3,12D2;. The number of pyridine rings is 1. The summed E-state index contributed by atoms with van der Waals surface area (Å²) in [4.78, 5) is 9.31. The van der Waals surface area contributed by atoms with Gasteiger partial charge in [-0.15, -0.1) is 54.1 Å². The number of hydrogen-bond donors (Lipinski definition) is 0. The summed E-state index contributed by atoms with van der Waals surface area (Å²) in [6.07, 6.45) is -0.741. The second-order valence-electron chi connectivity index (χ2n) is 15.0. The Morgan fingerprint density at radius 2 is 1.59 bits per heavy atom. The second-order valence-corrected chi connectivity index (χ2v) is 15.0. The zero-order chi connectivity index (χ0) is 41.7. The summed E-state index contributed by atoms with van der Waals surface area (Å²) in [6.45, 7) is 11.7. The van der Waals surface area contributed by atoms with Crippen molar-refractivity contribution in [1.29, 1.82) is 0 Å². The van der Waals surface area contributed by atoms with E-state index in [2.05, 4.69) is 97.9 Å². The number of rotatable bonds is 6. The van der Waals surface area contributed by atoms with Crippen LogP contribution in [0.5, 0.6) is 0 Å². The van der Waals surface area contributed by atoms with Gasteiger partial charge in [-0.1, -0.05) is 101 Å². The maximum Gasteiger partial charge on any atom is 0.126 e. The van der Waals surface area contributed by atoms with Crippen LogP contribution in [0.2, 0.25) is 0 Å². The van der Waals surface area contributed by atoms with Crippen molar-refractivity contribution >= 4 is 33.0 Å². The zero-order valence-corrected chi connectivity index (χ0v) is 33.9. The minimum atomic E-state index is -2.52. The van der Waals surface area contributed by atoms with E-state index in [-0.39, 0.29) is 31.2 Å². The van der Waals surface area contributed by atoms with Crippen LogP contribution in [0.25, 0.3) is 61.3 Å². The first kappa shape index (κ1) is 32.5. The molecular formula is C48H46FIrN3O-2. The number of para-hydroxylation sites is 3. The molecule has 0 fully saturated rings. The molecule has 8 rings (SSSR count). The van der Waals surface area contributed by atoms with Crippen LogP contribution < -0.4 is 0 Å². The van der Waals surface area contributed by atoms with Gasteiger partial charge < -0.3 is 14.0 Å². The smallest absolute Gasteiger partial charge is 0.126 e. The fourth-order valence-corrected chi connectivity index (χ4v) is 6.74. The van der Waals surface area contributed by atoms with Gasteiger partial charge in [-0.25, -0.2) is 4.39 Å². The van der Waals surface area contributed by atoms with Gasteiger partial charge in [0.1, 0.15) is 11.4 Å². The quantitative estimate of drug-likeness (QED) is 0.156. The third-order valence-corrected chi connectivity index (χ3v) is 9.14. The maximum atomic E-state index is 13.7. The topological polar surface area (TPSA) is 43.9 Å². The van der Waals surface area contributed by atoms with Crippen molar-refractivity contribution in [2.24, 2.45) is 5.41 Å². The molecule has 54 heavy (non-hydrogen) atoms. The number of furan rings is 1. The molecule has 277 valence electrons. The van der Waals surface area contributed by atoms with Gasteiger partial charge in [0.25, 0.3) is 0 Å². The molecule has 0 unspecified atom stereocenters. The fourth-order valence-electron chi connectivity index (χ4n) is 6.74. The summed E-state index contributed by atoms with van der Waals surface area (Å²) < 4.78 is 62.9. The average molecular weight is 897 g/mol. The van der Waals surface area contributed by atoms with E-state index >= 15 is 0 Å². The van der Waals surface area contributed by atoms with E-state index in [0.29, 0.717) is 34.3 Å². The Labute approximate surface area is 338 Å². The average Bonchev–Trinajstić information content (AvgIpc) is 3.75. The molecule has 0 N–H and O–H groups in total. The van der Waals surface area contributed by atoms with Crippen molar-refractivity contribution in [2.45, 2.75) is 73.5 Å². The minimum absolute atomic E-state index is 0. The van der Waals surface area contributed by atoms with Crippen LogP contribution in [0.4, 0.5) is 4.39 Å². The number of fused-ring (bicyclic) bond motifs is 4. The summed E-state index contributed by atoms with van der Waals surface area (Å²) in [5.74, 6) is 1.38. The number of aromatic nitrogens is 3. The van der Waals surface area contributed by atoms with Crippen LogP contribution in [0.15, 0.2) is 114 Å². The van der Waals surface area contributed by atoms with Crippen molar-refractivity contribution in [3.8, 4) is 28.3 Å². The number of benzene rings is 5. The molecule has 3 aromatic heterocycles. The van der Waals surface area contributed by atoms with Gasteiger partial charge in [0, 0.05) is 50.3 Å². The zero-order valence-electron chi connectivity index (χ0n) is 36.5. The Morgan fingerprint density at radius 1 is 0.852 bits per heavy atom. The minimum Gasteiger partial charge on any atom is -0.500 e. The molecule has 0 aliphatic heterocycles. The molecule has 0 aliphatic rings. The molecule has 0 bridgehead atoms. The van der Waals surface area contributed by atoms with Crippen molar-refractivity contribution in [3.63, 3.8) is 0 Å². The molecule has 8 aromatic rings. The SMILES string of the molecule is CC(C)c1cccc(C(C)C)c1-n1c(-c2[c-]cccc2)nc2ccccc21.[2H]C([2H])([2H])c1cnc(-c2[c-]ccc3c2oc2cc(F)ccc23)cc1C([2H])([2H])C(C)(C)C.[Ir]. The molecule has 0 aliphatic carbocycles. The summed E-state index contributed by atoms with van der Waals surface area (Å²) in [5, 5.41) is 1.47.